The van der Waals surface area contributed by atoms with Crippen LogP contribution in [0.5, 0.6) is 11.5 Å². The number of allylic oxidation sites excluding steroid dienone is 7. The summed E-state index contributed by atoms with van der Waals surface area (Å²) in [5, 5.41) is 3.93. The fourth-order valence-electron chi connectivity index (χ4n) is 7.55. The molecule has 0 unspecified atom stereocenters. The molecule has 1 heterocycles. The van der Waals surface area contributed by atoms with E-state index in [2.05, 4.69) is 49.7 Å². The number of ketones is 1. The Morgan fingerprint density at radius 2 is 1.68 bits per heavy atom. The lowest BCUT2D eigenvalue weighted by Crippen LogP contribution is -2.43. The van der Waals surface area contributed by atoms with Crippen LogP contribution in [-0.4, -0.2) is 43.0 Å². The minimum absolute atomic E-state index is 0.132. The van der Waals surface area contributed by atoms with Crippen molar-refractivity contribution >= 4 is 29.1 Å². The van der Waals surface area contributed by atoms with E-state index in [0.29, 0.717) is 28.5 Å². The molecule has 0 atom stereocenters. The largest absolute Gasteiger partial charge is 0.490 e. The Labute approximate surface area is 366 Å². The van der Waals surface area contributed by atoms with Gasteiger partial charge < -0.3 is 25.4 Å². The number of rotatable bonds is 13. The molecule has 3 aromatic rings. The first kappa shape index (κ1) is 49.8. The van der Waals surface area contributed by atoms with E-state index >= 15 is 0 Å². The number of nitrogens with zero attached hydrogens (tertiary/aromatic N) is 1. The Bertz CT molecular complexity index is 1950. The molecule has 60 heavy (non-hydrogen) atoms. The molecule has 3 N–H and O–H groups in total. The molecule has 326 valence electrons. The molecule has 2 aliphatic carbocycles. The predicted octanol–water partition coefficient (Wildman–Crippen LogP) is 14.1. The van der Waals surface area contributed by atoms with E-state index in [9.17, 15) is 9.18 Å². The first-order valence-electron chi connectivity index (χ1n) is 22.2. The van der Waals surface area contributed by atoms with Crippen molar-refractivity contribution in [2.75, 3.05) is 25.5 Å². The monoisotopic (exact) mass is 840 g/mol. The molecule has 1 aliphatic heterocycles. The van der Waals surface area contributed by atoms with Crippen molar-refractivity contribution in [3.63, 3.8) is 0 Å². The van der Waals surface area contributed by atoms with E-state index in [1.807, 2.05) is 76.4 Å². The summed E-state index contributed by atoms with van der Waals surface area (Å²) >= 11 is 6.62. The number of hydrogen-bond donors (Lipinski definition) is 2. The van der Waals surface area contributed by atoms with E-state index in [0.717, 1.165) is 90.7 Å². The maximum atomic E-state index is 13.6. The summed E-state index contributed by atoms with van der Waals surface area (Å²) in [6.07, 6.45) is 20.6. The second-order valence-electron chi connectivity index (χ2n) is 15.3. The maximum absolute atomic E-state index is 13.6. The summed E-state index contributed by atoms with van der Waals surface area (Å²) in [6, 6.07) is 18.7. The Balaban J connectivity index is 0.000000348. The highest BCUT2D eigenvalue weighted by atomic mass is 35.5. The predicted molar refractivity (Wildman–Crippen MR) is 255 cm³/mol. The first-order valence-corrected chi connectivity index (χ1v) is 22.6. The third-order valence-electron chi connectivity index (χ3n) is 10.6. The molecular weight excluding hydrogens is 769 g/mol. The van der Waals surface area contributed by atoms with Crippen molar-refractivity contribution in [3.8, 4) is 22.6 Å². The van der Waals surface area contributed by atoms with Crippen LogP contribution in [0.2, 0.25) is 5.02 Å². The Morgan fingerprint density at radius 3 is 2.27 bits per heavy atom. The number of likely N-dealkylation sites (tertiary alicyclic amines) is 1. The van der Waals surface area contributed by atoms with Crippen LogP contribution in [0.1, 0.15) is 122 Å². The molecule has 1 saturated carbocycles. The fraction of sp³-hybridized carbons (Fsp3) is 0.442. The topological polar surface area (TPSA) is 76.8 Å². The average Bonchev–Trinajstić information content (AvgIpc) is 3.79. The number of anilines is 1. The van der Waals surface area contributed by atoms with Gasteiger partial charge in [0.1, 0.15) is 23.4 Å². The van der Waals surface area contributed by atoms with Gasteiger partial charge in [-0.3, -0.25) is 4.79 Å². The number of carbonyl (C=O) groups is 1. The van der Waals surface area contributed by atoms with Crippen molar-refractivity contribution in [2.24, 2.45) is 5.73 Å². The molecule has 8 heteroatoms. The second-order valence-corrected chi connectivity index (χ2v) is 15.7. The summed E-state index contributed by atoms with van der Waals surface area (Å²) < 4.78 is 25.9. The molecule has 0 spiro atoms. The molecule has 6 rings (SSSR count). The Hall–Kier alpha value is -4.59. The fourth-order valence-corrected chi connectivity index (χ4v) is 7.79. The summed E-state index contributed by atoms with van der Waals surface area (Å²) in [6.45, 7) is 20.0. The zero-order valence-corrected chi connectivity index (χ0v) is 38.4. The molecule has 0 amide bonds. The van der Waals surface area contributed by atoms with Gasteiger partial charge in [0.05, 0.1) is 0 Å². The summed E-state index contributed by atoms with van der Waals surface area (Å²) in [4.78, 5) is 15.3. The highest BCUT2D eigenvalue weighted by Gasteiger charge is 2.28. The number of nitrogens with two attached hydrogens (primary N) is 1. The smallest absolute Gasteiger partial charge is 0.187 e. The number of piperidine rings is 1. The second kappa shape index (κ2) is 26.6. The third kappa shape index (κ3) is 14.8. The number of nitrogens with one attached hydrogen (secondary N) is 1. The van der Waals surface area contributed by atoms with Crippen molar-refractivity contribution in [2.45, 2.75) is 131 Å². The molecule has 3 aromatic carbocycles. The third-order valence-corrected chi connectivity index (χ3v) is 10.9. The van der Waals surface area contributed by atoms with Gasteiger partial charge in [0.2, 0.25) is 0 Å². The van der Waals surface area contributed by atoms with Crippen LogP contribution in [0.15, 0.2) is 108 Å². The zero-order chi connectivity index (χ0) is 44.0. The number of carbonyl (C=O) groups excluding carboxylic acids is 1. The van der Waals surface area contributed by atoms with Crippen molar-refractivity contribution in [1.29, 1.82) is 0 Å². The van der Waals surface area contributed by atoms with E-state index in [4.69, 9.17) is 26.8 Å². The standard InChI is InChI=1S/C31H38ClN3O2.C16H19FO.C3H8.C2H6/c1-4-25(21(2)33)30(36)14-13-22-19-31(27(20-29(22)34-3)26-11-7-8-12-28(26)32)37-24-15-17-35(18-16-24)23-9-5-6-10-23;1-3-6-13-9-10-15(12(2)11-13)18-16-8-5-4-7-14(16)17;1-3-2;1-2/h4,7-8,11-14,19-20,23-24,34H,1,5-6,9-10,15-18,33H2,2-3H3;5,8-11H,3-4,6-7H2,1-2H3;3H2,1-2H3;1-2H3/b14-13+,25-21-;;;. The van der Waals surface area contributed by atoms with Crippen LogP contribution in [0.3, 0.4) is 0 Å². The number of aryl methyl sites for hydroxylation is 2. The molecular formula is C52H71ClFN3O3. The van der Waals surface area contributed by atoms with Gasteiger partial charge in [0.15, 0.2) is 11.5 Å². The molecule has 0 bridgehead atoms. The van der Waals surface area contributed by atoms with Crippen molar-refractivity contribution in [1.82, 2.24) is 4.90 Å². The van der Waals surface area contributed by atoms with Crippen LogP contribution in [-0.2, 0) is 11.2 Å². The highest BCUT2D eigenvalue weighted by molar-refractivity contribution is 6.33. The van der Waals surface area contributed by atoms with E-state index < -0.39 is 0 Å². The van der Waals surface area contributed by atoms with Gasteiger partial charge in [-0.1, -0.05) is 121 Å². The van der Waals surface area contributed by atoms with E-state index in [1.165, 1.54) is 49.8 Å². The Kier molecular flexibility index (Phi) is 22.1. The lowest BCUT2D eigenvalue weighted by molar-refractivity contribution is -0.111. The first-order chi connectivity index (χ1) is 29.0. The number of ether oxygens (including phenoxy) is 2. The summed E-state index contributed by atoms with van der Waals surface area (Å²) in [5.74, 6) is 1.52. The normalized spacial score (nSPS) is 16.1. The van der Waals surface area contributed by atoms with Gasteiger partial charge in [0, 0.05) is 71.3 Å². The van der Waals surface area contributed by atoms with Crippen molar-refractivity contribution < 1.29 is 18.7 Å². The molecule has 0 radical (unpaired) electrons. The molecule has 3 aliphatic rings. The summed E-state index contributed by atoms with van der Waals surface area (Å²) in [7, 11) is 1.86. The number of benzene rings is 3. The van der Waals surface area contributed by atoms with Gasteiger partial charge >= 0.3 is 0 Å². The molecule has 1 saturated heterocycles. The molecule has 0 aromatic heterocycles. The van der Waals surface area contributed by atoms with E-state index in [-0.39, 0.29) is 17.7 Å². The quantitative estimate of drug-likeness (QED) is 0.132. The minimum atomic E-state index is -0.186. The number of hydrogen-bond acceptors (Lipinski definition) is 6. The SMILES string of the molecule is C=C/C(C(=O)/C=C/c1cc(OC2CCN(C3CCCC3)CC2)c(-c2ccccc2Cl)cc1NC)=C(\C)N.CC.CCC.CCCc1ccc(OC2=C(F)CCC=C2)c(C)c1. The molecule has 6 nitrogen and oxygen atoms in total. The average molecular weight is 841 g/mol. The number of halogens is 2. The molecule has 2 fully saturated rings. The van der Waals surface area contributed by atoms with Gasteiger partial charge in [-0.05, 0) is 106 Å². The lowest BCUT2D eigenvalue weighted by atomic mass is 9.99. The van der Waals surface area contributed by atoms with Crippen LogP contribution < -0.4 is 20.5 Å². The van der Waals surface area contributed by atoms with Gasteiger partial charge in [-0.2, -0.15) is 0 Å². The van der Waals surface area contributed by atoms with Crippen LogP contribution >= 0.6 is 11.6 Å². The van der Waals surface area contributed by atoms with Crippen LogP contribution in [0.4, 0.5) is 10.1 Å². The Morgan fingerprint density at radius 1 is 1.00 bits per heavy atom. The van der Waals surface area contributed by atoms with Gasteiger partial charge in [-0.15, -0.1) is 0 Å². The maximum Gasteiger partial charge on any atom is 0.187 e. The van der Waals surface area contributed by atoms with Crippen LogP contribution in [0.25, 0.3) is 17.2 Å². The zero-order valence-electron chi connectivity index (χ0n) is 37.6. The lowest BCUT2D eigenvalue weighted by Gasteiger charge is -2.36. The van der Waals surface area contributed by atoms with E-state index in [1.54, 1.807) is 19.1 Å². The highest BCUT2D eigenvalue weighted by Crippen LogP contribution is 2.40. The van der Waals surface area contributed by atoms with Crippen molar-refractivity contribution in [3.05, 3.63) is 130 Å². The minimum Gasteiger partial charge on any atom is -0.490 e. The van der Waals surface area contributed by atoms with Crippen LogP contribution in [0, 0.1) is 6.92 Å². The summed E-state index contributed by atoms with van der Waals surface area (Å²) in [5.41, 5.74) is 12.6. The van der Waals surface area contributed by atoms with Gasteiger partial charge in [-0.25, -0.2) is 4.39 Å². The van der Waals surface area contributed by atoms with Gasteiger partial charge in [0.25, 0.3) is 0 Å².